The van der Waals surface area contributed by atoms with E-state index in [-0.39, 0.29) is 16.9 Å². The molecule has 0 atom stereocenters. The second-order valence-electron chi connectivity index (χ2n) is 6.88. The van der Waals surface area contributed by atoms with Crippen molar-refractivity contribution in [3.05, 3.63) is 90.0 Å². The summed E-state index contributed by atoms with van der Waals surface area (Å²) in [6.45, 7) is 0. The Morgan fingerprint density at radius 2 is 1.06 bits per heavy atom. The average molecular weight is 428 g/mol. The van der Waals surface area contributed by atoms with Crippen LogP contribution in [0.4, 0.5) is 16.2 Å². The van der Waals surface area contributed by atoms with E-state index in [1.54, 1.807) is 72.8 Å². The number of nitrogens with zero attached hydrogens (tertiary/aromatic N) is 2. The third-order valence-electron chi connectivity index (χ3n) is 5.01. The fraction of sp³-hybridized carbons (Fsp3) is 0.0800. The number of hydrogen-bond donors (Lipinski definition) is 0. The highest BCUT2D eigenvalue weighted by atomic mass is 16.5. The molecular formula is C25H20N2O5. The van der Waals surface area contributed by atoms with Crippen LogP contribution in [0.5, 0.6) is 11.5 Å². The van der Waals surface area contributed by atoms with Crippen LogP contribution in [0.25, 0.3) is 6.08 Å². The van der Waals surface area contributed by atoms with Crippen molar-refractivity contribution in [3.8, 4) is 11.5 Å². The molecule has 160 valence electrons. The molecule has 4 amide bonds. The number of anilines is 2. The van der Waals surface area contributed by atoms with E-state index < -0.39 is 17.8 Å². The van der Waals surface area contributed by atoms with Crippen LogP contribution in [0.15, 0.2) is 84.4 Å². The summed E-state index contributed by atoms with van der Waals surface area (Å²) in [6.07, 6.45) is 1.47. The van der Waals surface area contributed by atoms with E-state index in [0.717, 1.165) is 9.80 Å². The summed E-state index contributed by atoms with van der Waals surface area (Å²) >= 11 is 0. The fourth-order valence-corrected chi connectivity index (χ4v) is 3.50. The molecule has 1 fully saturated rings. The molecule has 0 bridgehead atoms. The molecule has 0 aromatic heterocycles. The zero-order valence-electron chi connectivity index (χ0n) is 17.5. The molecule has 7 heteroatoms. The van der Waals surface area contributed by atoms with Gasteiger partial charge in [-0.3, -0.25) is 9.59 Å². The number of imide groups is 2. The van der Waals surface area contributed by atoms with Crippen molar-refractivity contribution in [2.75, 3.05) is 24.0 Å². The van der Waals surface area contributed by atoms with Crippen molar-refractivity contribution in [2.24, 2.45) is 0 Å². The van der Waals surface area contributed by atoms with Gasteiger partial charge in [-0.05, 0) is 35.9 Å². The van der Waals surface area contributed by atoms with Crippen LogP contribution < -0.4 is 19.3 Å². The predicted octanol–water partition coefficient (Wildman–Crippen LogP) is 4.29. The minimum absolute atomic E-state index is 0.160. The number of carbonyl (C=O) groups is 3. The van der Waals surface area contributed by atoms with E-state index in [2.05, 4.69) is 0 Å². The number of barbiturate groups is 1. The Morgan fingerprint density at radius 1 is 0.625 bits per heavy atom. The molecule has 32 heavy (non-hydrogen) atoms. The third-order valence-corrected chi connectivity index (χ3v) is 5.01. The maximum absolute atomic E-state index is 13.6. The summed E-state index contributed by atoms with van der Waals surface area (Å²) < 4.78 is 10.7. The molecule has 3 aromatic carbocycles. The van der Waals surface area contributed by atoms with Crippen molar-refractivity contribution in [1.29, 1.82) is 0 Å². The average Bonchev–Trinajstić information content (AvgIpc) is 2.83. The molecule has 1 aliphatic rings. The molecule has 0 saturated carbocycles. The quantitative estimate of drug-likeness (QED) is 0.448. The number of para-hydroxylation sites is 4. The van der Waals surface area contributed by atoms with Crippen LogP contribution in [-0.2, 0) is 9.59 Å². The van der Waals surface area contributed by atoms with Crippen molar-refractivity contribution in [1.82, 2.24) is 0 Å². The van der Waals surface area contributed by atoms with Gasteiger partial charge in [0, 0.05) is 0 Å². The lowest BCUT2D eigenvalue weighted by Crippen LogP contribution is -2.57. The van der Waals surface area contributed by atoms with Crippen molar-refractivity contribution in [3.63, 3.8) is 0 Å². The van der Waals surface area contributed by atoms with Crippen LogP contribution in [0, 0.1) is 0 Å². The van der Waals surface area contributed by atoms with Gasteiger partial charge < -0.3 is 9.47 Å². The zero-order chi connectivity index (χ0) is 22.7. The molecule has 7 nitrogen and oxygen atoms in total. The monoisotopic (exact) mass is 428 g/mol. The zero-order valence-corrected chi connectivity index (χ0v) is 17.5. The Bertz CT molecular complexity index is 1150. The van der Waals surface area contributed by atoms with Crippen LogP contribution >= 0.6 is 0 Å². The lowest BCUT2D eigenvalue weighted by molar-refractivity contribution is -0.121. The summed E-state index contributed by atoms with van der Waals surface area (Å²) in [5, 5.41) is 0. The van der Waals surface area contributed by atoms with E-state index in [1.165, 1.54) is 20.3 Å². The van der Waals surface area contributed by atoms with Gasteiger partial charge in [0.15, 0.2) is 0 Å². The molecule has 3 aromatic rings. The highest BCUT2D eigenvalue weighted by molar-refractivity contribution is 6.46. The fourth-order valence-electron chi connectivity index (χ4n) is 3.50. The number of hydrogen-bond acceptors (Lipinski definition) is 5. The van der Waals surface area contributed by atoms with Gasteiger partial charge in [0.25, 0.3) is 11.8 Å². The second-order valence-corrected chi connectivity index (χ2v) is 6.88. The van der Waals surface area contributed by atoms with E-state index >= 15 is 0 Å². The molecule has 0 N–H and O–H groups in total. The number of amides is 4. The number of ether oxygens (including phenoxy) is 2. The molecule has 4 rings (SSSR count). The SMILES string of the molecule is COc1ccccc1N1C(=O)C(=Cc2ccccc2)C(=O)N(c2ccccc2OC)C1=O. The first-order chi connectivity index (χ1) is 15.6. The summed E-state index contributed by atoms with van der Waals surface area (Å²) in [5.41, 5.74) is 0.957. The molecule has 1 aliphatic heterocycles. The topological polar surface area (TPSA) is 76.2 Å². The lowest BCUT2D eigenvalue weighted by Gasteiger charge is -2.34. The highest BCUT2D eigenvalue weighted by Gasteiger charge is 2.45. The molecule has 0 aliphatic carbocycles. The molecular weight excluding hydrogens is 408 g/mol. The van der Waals surface area contributed by atoms with Crippen LogP contribution in [-0.4, -0.2) is 32.1 Å². The Morgan fingerprint density at radius 3 is 1.53 bits per heavy atom. The normalized spacial score (nSPS) is 13.9. The maximum Gasteiger partial charge on any atom is 0.343 e. The van der Waals surface area contributed by atoms with Crippen LogP contribution in [0.3, 0.4) is 0 Å². The minimum Gasteiger partial charge on any atom is -0.495 e. The van der Waals surface area contributed by atoms with Gasteiger partial charge >= 0.3 is 6.03 Å². The van der Waals surface area contributed by atoms with Gasteiger partial charge in [-0.25, -0.2) is 14.6 Å². The standard InChI is InChI=1S/C25H20N2O5/c1-31-21-14-8-6-12-19(21)26-23(28)18(16-17-10-4-3-5-11-17)24(29)27(25(26)30)20-13-7-9-15-22(20)32-2/h3-16H,1-2H3. The van der Waals surface area contributed by atoms with Gasteiger partial charge in [0.2, 0.25) is 0 Å². The minimum atomic E-state index is -0.820. The third kappa shape index (κ3) is 3.60. The Hall–Kier alpha value is -4.39. The molecule has 1 heterocycles. The molecule has 0 unspecified atom stereocenters. The van der Waals surface area contributed by atoms with Gasteiger partial charge in [-0.15, -0.1) is 0 Å². The smallest absolute Gasteiger partial charge is 0.343 e. The maximum atomic E-state index is 13.6. The number of benzene rings is 3. The van der Waals surface area contributed by atoms with E-state index in [0.29, 0.717) is 17.1 Å². The number of carbonyl (C=O) groups excluding carboxylic acids is 3. The second kappa shape index (κ2) is 8.77. The Balaban J connectivity index is 1.93. The number of rotatable bonds is 5. The van der Waals surface area contributed by atoms with Crippen molar-refractivity contribution in [2.45, 2.75) is 0 Å². The lowest BCUT2D eigenvalue weighted by atomic mass is 10.0. The van der Waals surface area contributed by atoms with Crippen molar-refractivity contribution >= 4 is 35.3 Å². The van der Waals surface area contributed by atoms with E-state index in [9.17, 15) is 14.4 Å². The molecule has 1 saturated heterocycles. The molecule has 0 spiro atoms. The van der Waals surface area contributed by atoms with Crippen LogP contribution in [0.1, 0.15) is 5.56 Å². The van der Waals surface area contributed by atoms with E-state index in [4.69, 9.17) is 9.47 Å². The van der Waals surface area contributed by atoms with Gasteiger partial charge in [0.1, 0.15) is 17.1 Å². The first-order valence-electron chi connectivity index (χ1n) is 9.82. The largest absolute Gasteiger partial charge is 0.495 e. The first kappa shape index (κ1) is 20.9. The van der Waals surface area contributed by atoms with Crippen LogP contribution in [0.2, 0.25) is 0 Å². The van der Waals surface area contributed by atoms with Gasteiger partial charge in [-0.1, -0.05) is 54.6 Å². The Labute approximate surface area is 185 Å². The summed E-state index contributed by atoms with van der Waals surface area (Å²) in [7, 11) is 2.89. The van der Waals surface area contributed by atoms with Crippen molar-refractivity contribution < 1.29 is 23.9 Å². The highest BCUT2D eigenvalue weighted by Crippen LogP contribution is 2.37. The number of urea groups is 1. The van der Waals surface area contributed by atoms with E-state index in [1.807, 2.05) is 6.07 Å². The summed E-state index contributed by atoms with van der Waals surface area (Å²) in [6, 6.07) is 21.4. The first-order valence-corrected chi connectivity index (χ1v) is 9.82. The number of methoxy groups -OCH3 is 2. The van der Waals surface area contributed by atoms with Gasteiger partial charge in [-0.2, -0.15) is 0 Å². The predicted molar refractivity (Wildman–Crippen MR) is 121 cm³/mol. The molecule has 0 radical (unpaired) electrons. The summed E-state index contributed by atoms with van der Waals surface area (Å²) in [5.74, 6) is -0.829. The van der Waals surface area contributed by atoms with Gasteiger partial charge in [0.05, 0.1) is 25.6 Å². The Kier molecular flexibility index (Phi) is 5.72. The summed E-state index contributed by atoms with van der Waals surface area (Å²) in [4.78, 5) is 42.4.